The number of carbonyl (C=O) groups is 1. The number of likely N-dealkylation sites (tertiary alicyclic amines) is 1. The molecule has 0 bridgehead atoms. The normalized spacial score (nSPS) is 31.7. The van der Waals surface area contributed by atoms with Gasteiger partial charge in [0, 0.05) is 25.6 Å². The van der Waals surface area contributed by atoms with Crippen LogP contribution in [0.4, 0.5) is 0 Å². The molecular formula is C18H33ClN2O3. The highest BCUT2D eigenvalue weighted by Gasteiger charge is 2.36. The smallest absolute Gasteiger partial charge is 0.226 e. The third kappa shape index (κ3) is 5.07. The Morgan fingerprint density at radius 2 is 1.88 bits per heavy atom. The van der Waals surface area contributed by atoms with Crippen molar-refractivity contribution in [2.24, 2.45) is 17.6 Å². The van der Waals surface area contributed by atoms with Gasteiger partial charge in [-0.15, -0.1) is 12.4 Å². The largest absolute Gasteiger partial charge is 0.376 e. The Hall–Kier alpha value is -0.360. The Morgan fingerprint density at radius 1 is 1.08 bits per heavy atom. The lowest BCUT2D eigenvalue weighted by Crippen LogP contribution is -2.45. The summed E-state index contributed by atoms with van der Waals surface area (Å²) in [5.74, 6) is 0.917. The van der Waals surface area contributed by atoms with Gasteiger partial charge in [-0.1, -0.05) is 6.42 Å². The number of nitrogens with two attached hydrogens (primary N) is 1. The van der Waals surface area contributed by atoms with E-state index in [2.05, 4.69) is 4.90 Å². The Kier molecular flexibility index (Phi) is 8.28. The number of amides is 1. The van der Waals surface area contributed by atoms with Gasteiger partial charge in [0.2, 0.25) is 5.91 Å². The van der Waals surface area contributed by atoms with Crippen LogP contribution in [0.25, 0.3) is 0 Å². The molecule has 1 amide bonds. The van der Waals surface area contributed by atoms with Crippen LogP contribution >= 0.6 is 12.4 Å². The number of ether oxygens (including phenoxy) is 2. The lowest BCUT2D eigenvalue weighted by atomic mass is 9.93. The zero-order chi connectivity index (χ0) is 16.1. The molecule has 0 aromatic carbocycles. The van der Waals surface area contributed by atoms with E-state index in [1.807, 2.05) is 0 Å². The van der Waals surface area contributed by atoms with Crippen LogP contribution in [0.15, 0.2) is 0 Å². The SMILES string of the molecule is Cl.NC[C@H]1CCC[C@H]1C(=O)N1CCC(OCC2CCCCO2)CC1. The summed E-state index contributed by atoms with van der Waals surface area (Å²) in [7, 11) is 0. The summed E-state index contributed by atoms with van der Waals surface area (Å²) in [6.07, 6.45) is 9.34. The number of piperidine rings is 1. The maximum atomic E-state index is 12.7. The highest BCUT2D eigenvalue weighted by atomic mass is 35.5. The molecule has 3 rings (SSSR count). The molecule has 2 saturated heterocycles. The van der Waals surface area contributed by atoms with Gasteiger partial charge < -0.3 is 20.1 Å². The minimum absolute atomic E-state index is 0. The highest BCUT2D eigenvalue weighted by Crippen LogP contribution is 2.33. The number of carbonyl (C=O) groups excluding carboxylic acids is 1. The van der Waals surface area contributed by atoms with E-state index in [-0.39, 0.29) is 24.4 Å². The summed E-state index contributed by atoms with van der Waals surface area (Å²) in [6, 6.07) is 0. The second-order valence-corrected chi connectivity index (χ2v) is 7.38. The first-order valence-electron chi connectivity index (χ1n) is 9.50. The fraction of sp³-hybridized carbons (Fsp3) is 0.944. The molecule has 24 heavy (non-hydrogen) atoms. The quantitative estimate of drug-likeness (QED) is 0.817. The van der Waals surface area contributed by atoms with Crippen molar-refractivity contribution in [1.29, 1.82) is 0 Å². The molecule has 1 saturated carbocycles. The predicted octanol–water partition coefficient (Wildman–Crippen LogP) is 2.36. The van der Waals surface area contributed by atoms with Crippen molar-refractivity contribution in [3.63, 3.8) is 0 Å². The van der Waals surface area contributed by atoms with Gasteiger partial charge in [-0.05, 0) is 57.4 Å². The molecule has 3 fully saturated rings. The van der Waals surface area contributed by atoms with E-state index >= 15 is 0 Å². The van der Waals surface area contributed by atoms with Crippen molar-refractivity contribution in [2.45, 2.75) is 63.6 Å². The van der Waals surface area contributed by atoms with E-state index in [1.165, 1.54) is 12.8 Å². The first kappa shape index (κ1) is 20.0. The summed E-state index contributed by atoms with van der Waals surface area (Å²) in [5, 5.41) is 0. The summed E-state index contributed by atoms with van der Waals surface area (Å²) >= 11 is 0. The molecule has 0 spiro atoms. The lowest BCUT2D eigenvalue weighted by molar-refractivity contribution is -0.140. The summed E-state index contributed by atoms with van der Waals surface area (Å²) in [5.41, 5.74) is 5.82. The van der Waals surface area contributed by atoms with Gasteiger partial charge in [0.05, 0.1) is 18.8 Å². The number of hydrogen-bond acceptors (Lipinski definition) is 4. The van der Waals surface area contributed by atoms with Crippen LogP contribution in [0.5, 0.6) is 0 Å². The average Bonchev–Trinajstić information content (AvgIpc) is 3.09. The van der Waals surface area contributed by atoms with Crippen LogP contribution in [0, 0.1) is 11.8 Å². The van der Waals surface area contributed by atoms with Crippen LogP contribution in [0.1, 0.15) is 51.4 Å². The molecule has 1 aliphatic carbocycles. The minimum Gasteiger partial charge on any atom is -0.376 e. The molecule has 0 aromatic rings. The Morgan fingerprint density at radius 3 is 2.54 bits per heavy atom. The molecular weight excluding hydrogens is 328 g/mol. The van der Waals surface area contributed by atoms with Crippen molar-refractivity contribution in [2.75, 3.05) is 32.8 Å². The number of rotatable bonds is 5. The molecule has 2 heterocycles. The maximum Gasteiger partial charge on any atom is 0.226 e. The molecule has 5 nitrogen and oxygen atoms in total. The van der Waals surface area contributed by atoms with Crippen LogP contribution in [-0.2, 0) is 14.3 Å². The predicted molar refractivity (Wildman–Crippen MR) is 96.3 cm³/mol. The Bertz CT molecular complexity index is 382. The van der Waals surface area contributed by atoms with E-state index in [0.29, 0.717) is 24.5 Å². The van der Waals surface area contributed by atoms with Crippen LogP contribution in [-0.4, -0.2) is 55.9 Å². The van der Waals surface area contributed by atoms with Gasteiger partial charge in [-0.2, -0.15) is 0 Å². The van der Waals surface area contributed by atoms with E-state index in [4.69, 9.17) is 15.2 Å². The molecule has 2 N–H and O–H groups in total. The van der Waals surface area contributed by atoms with Gasteiger partial charge in [-0.3, -0.25) is 4.79 Å². The van der Waals surface area contributed by atoms with E-state index in [1.54, 1.807) is 0 Å². The molecule has 0 radical (unpaired) electrons. The number of hydrogen-bond donors (Lipinski definition) is 1. The van der Waals surface area contributed by atoms with Crippen molar-refractivity contribution >= 4 is 18.3 Å². The summed E-state index contributed by atoms with van der Waals surface area (Å²) in [6.45, 7) is 3.92. The molecule has 140 valence electrons. The third-order valence-electron chi connectivity index (χ3n) is 5.82. The summed E-state index contributed by atoms with van der Waals surface area (Å²) in [4.78, 5) is 14.7. The van der Waals surface area contributed by atoms with Crippen molar-refractivity contribution < 1.29 is 14.3 Å². The van der Waals surface area contributed by atoms with Gasteiger partial charge in [0.1, 0.15) is 0 Å². The standard InChI is InChI=1S/C18H32N2O3.ClH/c19-12-14-4-3-6-17(14)18(21)20-9-7-15(8-10-20)23-13-16-5-1-2-11-22-16;/h14-17H,1-13,19H2;1H/t14-,16?,17-;/m1./s1. The van der Waals surface area contributed by atoms with E-state index < -0.39 is 0 Å². The van der Waals surface area contributed by atoms with E-state index in [9.17, 15) is 4.79 Å². The second kappa shape index (κ2) is 9.95. The number of halogens is 1. The Labute approximate surface area is 152 Å². The van der Waals surface area contributed by atoms with Gasteiger partial charge >= 0.3 is 0 Å². The molecule has 0 aromatic heterocycles. The van der Waals surface area contributed by atoms with Crippen molar-refractivity contribution in [3.05, 3.63) is 0 Å². The van der Waals surface area contributed by atoms with Crippen LogP contribution < -0.4 is 5.73 Å². The van der Waals surface area contributed by atoms with Gasteiger partial charge in [-0.25, -0.2) is 0 Å². The molecule has 2 aliphatic heterocycles. The van der Waals surface area contributed by atoms with Crippen molar-refractivity contribution in [1.82, 2.24) is 4.90 Å². The zero-order valence-electron chi connectivity index (χ0n) is 14.7. The fourth-order valence-electron chi connectivity index (χ4n) is 4.30. The van der Waals surface area contributed by atoms with Crippen LogP contribution in [0.3, 0.4) is 0 Å². The molecule has 3 aliphatic rings. The van der Waals surface area contributed by atoms with Gasteiger partial charge in [0.25, 0.3) is 0 Å². The molecule has 3 atom stereocenters. The molecule has 1 unspecified atom stereocenters. The monoisotopic (exact) mass is 360 g/mol. The Balaban J connectivity index is 0.00000208. The third-order valence-corrected chi connectivity index (χ3v) is 5.82. The minimum atomic E-state index is 0. The van der Waals surface area contributed by atoms with E-state index in [0.717, 1.165) is 64.8 Å². The fourth-order valence-corrected chi connectivity index (χ4v) is 4.30. The molecule has 6 heteroatoms. The highest BCUT2D eigenvalue weighted by molar-refractivity contribution is 5.85. The maximum absolute atomic E-state index is 12.7. The average molecular weight is 361 g/mol. The summed E-state index contributed by atoms with van der Waals surface area (Å²) < 4.78 is 11.8. The number of nitrogens with zero attached hydrogens (tertiary/aromatic N) is 1. The topological polar surface area (TPSA) is 64.8 Å². The first-order chi connectivity index (χ1) is 11.3. The first-order valence-corrected chi connectivity index (χ1v) is 9.50. The van der Waals surface area contributed by atoms with Gasteiger partial charge in [0.15, 0.2) is 0 Å². The zero-order valence-corrected chi connectivity index (χ0v) is 15.5. The second-order valence-electron chi connectivity index (χ2n) is 7.38. The van der Waals surface area contributed by atoms with Crippen molar-refractivity contribution in [3.8, 4) is 0 Å². The lowest BCUT2D eigenvalue weighted by Gasteiger charge is -2.35. The van der Waals surface area contributed by atoms with Crippen LogP contribution in [0.2, 0.25) is 0 Å².